The van der Waals surface area contributed by atoms with E-state index in [-0.39, 0.29) is 0 Å². The molecule has 0 aliphatic carbocycles. The van der Waals surface area contributed by atoms with Crippen LogP contribution in [0.4, 0.5) is 5.69 Å². The van der Waals surface area contributed by atoms with Gasteiger partial charge in [0.2, 0.25) is 0 Å². The lowest BCUT2D eigenvalue weighted by Gasteiger charge is -2.30. The predicted molar refractivity (Wildman–Crippen MR) is 88.1 cm³/mol. The summed E-state index contributed by atoms with van der Waals surface area (Å²) in [6.45, 7) is 7.53. The molecule has 2 rings (SSSR count). The van der Waals surface area contributed by atoms with Crippen molar-refractivity contribution in [3.63, 3.8) is 0 Å². The fraction of sp³-hybridized carbons (Fsp3) is 0.667. The number of anilines is 1. The van der Waals surface area contributed by atoms with Gasteiger partial charge in [-0.1, -0.05) is 6.92 Å². The van der Waals surface area contributed by atoms with E-state index in [9.17, 15) is 0 Å². The van der Waals surface area contributed by atoms with Crippen molar-refractivity contribution in [1.29, 1.82) is 0 Å². The Bertz CT molecular complexity index is 413. The van der Waals surface area contributed by atoms with Crippen molar-refractivity contribution >= 4 is 21.6 Å². The van der Waals surface area contributed by atoms with E-state index >= 15 is 0 Å². The van der Waals surface area contributed by atoms with Gasteiger partial charge in [0.05, 0.1) is 10.2 Å². The van der Waals surface area contributed by atoms with Crippen LogP contribution in [0.3, 0.4) is 0 Å². The first-order chi connectivity index (χ1) is 9.76. The SMILES string of the molecule is CCC(CCN)N1CCCN(c2ccncc2Br)CC1. The molecule has 2 heterocycles. The van der Waals surface area contributed by atoms with E-state index < -0.39 is 0 Å². The summed E-state index contributed by atoms with van der Waals surface area (Å²) in [5.41, 5.74) is 7.00. The van der Waals surface area contributed by atoms with Gasteiger partial charge in [-0.25, -0.2) is 0 Å². The molecule has 1 saturated heterocycles. The molecule has 1 aliphatic rings. The molecule has 1 atom stereocenters. The first-order valence-electron chi connectivity index (χ1n) is 7.54. The number of hydrogen-bond acceptors (Lipinski definition) is 4. The van der Waals surface area contributed by atoms with E-state index in [4.69, 9.17) is 5.73 Å². The normalized spacial score (nSPS) is 18.9. The van der Waals surface area contributed by atoms with Gasteiger partial charge < -0.3 is 10.6 Å². The van der Waals surface area contributed by atoms with E-state index in [0.29, 0.717) is 6.04 Å². The number of nitrogens with zero attached hydrogens (tertiary/aromatic N) is 3. The quantitative estimate of drug-likeness (QED) is 0.894. The Morgan fingerprint density at radius 3 is 2.90 bits per heavy atom. The van der Waals surface area contributed by atoms with Crippen LogP contribution >= 0.6 is 15.9 Å². The average molecular weight is 341 g/mol. The Balaban J connectivity index is 2.00. The Hall–Kier alpha value is -0.650. The maximum Gasteiger partial charge on any atom is 0.0592 e. The van der Waals surface area contributed by atoms with Crippen LogP contribution in [0, 0.1) is 0 Å². The Morgan fingerprint density at radius 1 is 1.35 bits per heavy atom. The fourth-order valence-electron chi connectivity index (χ4n) is 3.01. The number of pyridine rings is 1. The molecule has 1 fully saturated rings. The number of hydrogen-bond donors (Lipinski definition) is 1. The number of halogens is 1. The lowest BCUT2D eigenvalue weighted by atomic mass is 10.1. The Kier molecular flexibility index (Phi) is 6.26. The maximum atomic E-state index is 5.74. The van der Waals surface area contributed by atoms with Crippen molar-refractivity contribution in [2.75, 3.05) is 37.6 Å². The van der Waals surface area contributed by atoms with E-state index in [1.165, 1.54) is 25.1 Å². The summed E-state index contributed by atoms with van der Waals surface area (Å²) in [4.78, 5) is 9.22. The van der Waals surface area contributed by atoms with Crippen LogP contribution in [0.2, 0.25) is 0 Å². The highest BCUT2D eigenvalue weighted by atomic mass is 79.9. The number of rotatable bonds is 5. The molecule has 0 amide bonds. The van der Waals surface area contributed by atoms with Crippen LogP contribution in [-0.2, 0) is 0 Å². The fourth-order valence-corrected chi connectivity index (χ4v) is 3.51. The molecule has 1 aliphatic heterocycles. The maximum absolute atomic E-state index is 5.74. The number of nitrogens with two attached hydrogens (primary N) is 1. The number of aromatic nitrogens is 1. The zero-order valence-corrected chi connectivity index (χ0v) is 13.8. The van der Waals surface area contributed by atoms with Crippen molar-refractivity contribution in [3.8, 4) is 0 Å². The second-order valence-electron chi connectivity index (χ2n) is 5.34. The molecule has 1 aromatic rings. The summed E-state index contributed by atoms with van der Waals surface area (Å²) in [6, 6.07) is 2.73. The molecule has 20 heavy (non-hydrogen) atoms. The van der Waals surface area contributed by atoms with Crippen LogP contribution in [-0.4, -0.2) is 48.6 Å². The van der Waals surface area contributed by atoms with Crippen LogP contribution in [0.15, 0.2) is 22.9 Å². The highest BCUT2D eigenvalue weighted by molar-refractivity contribution is 9.10. The first kappa shape index (κ1) is 15.7. The van der Waals surface area contributed by atoms with Gasteiger partial charge >= 0.3 is 0 Å². The second kappa shape index (κ2) is 7.96. The van der Waals surface area contributed by atoms with Gasteiger partial charge in [0.15, 0.2) is 0 Å². The third-order valence-electron chi connectivity index (χ3n) is 4.11. The van der Waals surface area contributed by atoms with Crippen molar-refractivity contribution in [3.05, 3.63) is 22.9 Å². The molecule has 1 aromatic heterocycles. The summed E-state index contributed by atoms with van der Waals surface area (Å²) < 4.78 is 1.09. The predicted octanol–water partition coefficient (Wildman–Crippen LogP) is 2.48. The van der Waals surface area contributed by atoms with E-state index in [0.717, 1.165) is 37.1 Å². The van der Waals surface area contributed by atoms with Gasteiger partial charge in [0.1, 0.15) is 0 Å². The summed E-state index contributed by atoms with van der Waals surface area (Å²) in [6.07, 6.45) is 7.24. The van der Waals surface area contributed by atoms with E-state index in [2.05, 4.69) is 43.7 Å². The Morgan fingerprint density at radius 2 is 2.20 bits per heavy atom. The van der Waals surface area contributed by atoms with Crippen molar-refractivity contribution in [2.45, 2.75) is 32.2 Å². The summed E-state index contributed by atoms with van der Waals surface area (Å²) in [7, 11) is 0. The first-order valence-corrected chi connectivity index (χ1v) is 8.34. The molecule has 112 valence electrons. The summed E-state index contributed by atoms with van der Waals surface area (Å²) in [5.74, 6) is 0. The smallest absolute Gasteiger partial charge is 0.0592 e. The molecule has 0 radical (unpaired) electrons. The van der Waals surface area contributed by atoms with Crippen molar-refractivity contribution < 1.29 is 0 Å². The van der Waals surface area contributed by atoms with Gasteiger partial charge in [-0.3, -0.25) is 9.88 Å². The minimum atomic E-state index is 0.640. The third kappa shape index (κ3) is 3.93. The lowest BCUT2D eigenvalue weighted by molar-refractivity contribution is 0.196. The van der Waals surface area contributed by atoms with Gasteiger partial charge in [-0.15, -0.1) is 0 Å². The summed E-state index contributed by atoms with van der Waals surface area (Å²) in [5, 5.41) is 0. The molecule has 1 unspecified atom stereocenters. The van der Waals surface area contributed by atoms with Gasteiger partial charge in [0, 0.05) is 44.6 Å². The van der Waals surface area contributed by atoms with Gasteiger partial charge in [-0.05, 0) is 47.8 Å². The molecule has 5 heteroatoms. The molecule has 2 N–H and O–H groups in total. The van der Waals surface area contributed by atoms with Crippen molar-refractivity contribution in [2.24, 2.45) is 5.73 Å². The van der Waals surface area contributed by atoms with Crippen molar-refractivity contribution in [1.82, 2.24) is 9.88 Å². The average Bonchev–Trinajstić information content (AvgIpc) is 2.71. The zero-order chi connectivity index (χ0) is 14.4. The van der Waals surface area contributed by atoms with Crippen LogP contribution in [0.25, 0.3) is 0 Å². The van der Waals surface area contributed by atoms with Crippen LogP contribution in [0.5, 0.6) is 0 Å². The second-order valence-corrected chi connectivity index (χ2v) is 6.20. The molecular weight excluding hydrogens is 316 g/mol. The molecule has 0 saturated carbocycles. The van der Waals surface area contributed by atoms with Crippen LogP contribution in [0.1, 0.15) is 26.2 Å². The van der Waals surface area contributed by atoms with E-state index in [1.54, 1.807) is 0 Å². The monoisotopic (exact) mass is 340 g/mol. The van der Waals surface area contributed by atoms with Gasteiger partial charge in [-0.2, -0.15) is 0 Å². The lowest BCUT2D eigenvalue weighted by Crippen LogP contribution is -2.39. The minimum Gasteiger partial charge on any atom is -0.369 e. The zero-order valence-electron chi connectivity index (χ0n) is 12.3. The largest absolute Gasteiger partial charge is 0.369 e. The Labute approximate surface area is 130 Å². The minimum absolute atomic E-state index is 0.640. The van der Waals surface area contributed by atoms with Crippen LogP contribution < -0.4 is 10.6 Å². The molecule has 0 bridgehead atoms. The summed E-state index contributed by atoms with van der Waals surface area (Å²) >= 11 is 3.61. The highest BCUT2D eigenvalue weighted by Gasteiger charge is 2.21. The standard InChI is InChI=1S/C15H25BrN4/c1-2-13(4-6-17)19-8-3-9-20(11-10-19)15-5-7-18-12-14(15)16/h5,7,12-13H,2-4,6,8-11,17H2,1H3. The highest BCUT2D eigenvalue weighted by Crippen LogP contribution is 2.26. The van der Waals surface area contributed by atoms with E-state index in [1.807, 2.05) is 12.4 Å². The molecule has 0 spiro atoms. The van der Waals surface area contributed by atoms with Gasteiger partial charge in [0.25, 0.3) is 0 Å². The molecule has 4 nitrogen and oxygen atoms in total. The topological polar surface area (TPSA) is 45.4 Å². The molecule has 0 aromatic carbocycles. The third-order valence-corrected chi connectivity index (χ3v) is 4.72. The molecular formula is C15H25BrN4.